The highest BCUT2D eigenvalue weighted by Gasteiger charge is 2.16. The first-order chi connectivity index (χ1) is 8.27. The van der Waals surface area contributed by atoms with Crippen molar-refractivity contribution in [2.45, 2.75) is 12.7 Å². The second kappa shape index (κ2) is 6.00. The molecule has 92 valence electrons. The second-order valence-electron chi connectivity index (χ2n) is 3.70. The van der Waals surface area contributed by atoms with E-state index in [1.165, 1.54) is 0 Å². The van der Waals surface area contributed by atoms with Gasteiger partial charge in [0.1, 0.15) is 0 Å². The number of rotatable bonds is 4. The molecule has 0 unspecified atom stereocenters. The van der Waals surface area contributed by atoms with Crippen LogP contribution >= 0.6 is 11.6 Å². The molecule has 1 aliphatic rings. The molecule has 1 aliphatic heterocycles. The minimum absolute atomic E-state index is 0.173. The maximum absolute atomic E-state index is 11.8. The fourth-order valence-corrected chi connectivity index (χ4v) is 1.84. The fraction of sp³-hybridized carbons (Fsp3) is 0.417. The van der Waals surface area contributed by atoms with Gasteiger partial charge in [-0.1, -0.05) is 23.7 Å². The Morgan fingerprint density at radius 1 is 1.35 bits per heavy atom. The summed E-state index contributed by atoms with van der Waals surface area (Å²) in [7, 11) is 0. The Bertz CT molecular complexity index is 391. The van der Waals surface area contributed by atoms with Gasteiger partial charge in [0.2, 0.25) is 0 Å². The predicted octanol–water partition coefficient (Wildman–Crippen LogP) is 1.83. The molecule has 1 aromatic rings. The van der Waals surface area contributed by atoms with E-state index in [1.54, 1.807) is 24.3 Å². The molecular weight excluding hydrogens is 242 g/mol. The molecule has 1 fully saturated rings. The molecule has 0 saturated carbocycles. The molecule has 0 spiro atoms. The van der Waals surface area contributed by atoms with Crippen molar-refractivity contribution >= 4 is 17.5 Å². The summed E-state index contributed by atoms with van der Waals surface area (Å²) in [5.41, 5.74) is 0.488. The standard InChI is InChI=1S/C12H14ClNO3/c13-10-4-2-1-3-9(10)12(15)14-6-5-11-16-7-8-17-11/h1-4,11H,5-8H2,(H,14,15). The Labute approximate surface area is 105 Å². The number of hydrogen-bond acceptors (Lipinski definition) is 3. The smallest absolute Gasteiger partial charge is 0.252 e. The molecule has 5 heteroatoms. The summed E-state index contributed by atoms with van der Waals surface area (Å²) < 4.78 is 10.5. The molecule has 0 aliphatic carbocycles. The van der Waals surface area contributed by atoms with Crippen molar-refractivity contribution in [3.8, 4) is 0 Å². The van der Waals surface area contributed by atoms with Crippen LogP contribution in [-0.4, -0.2) is 32.0 Å². The van der Waals surface area contributed by atoms with E-state index < -0.39 is 0 Å². The van der Waals surface area contributed by atoms with E-state index in [0.717, 1.165) is 0 Å². The molecular formula is C12H14ClNO3. The first-order valence-corrected chi connectivity index (χ1v) is 5.91. The summed E-state index contributed by atoms with van der Waals surface area (Å²) in [6.07, 6.45) is 0.456. The molecule has 1 heterocycles. The lowest BCUT2D eigenvalue weighted by Gasteiger charge is -2.10. The average molecular weight is 256 g/mol. The monoisotopic (exact) mass is 255 g/mol. The van der Waals surface area contributed by atoms with Crippen molar-refractivity contribution in [2.75, 3.05) is 19.8 Å². The van der Waals surface area contributed by atoms with Gasteiger partial charge in [0, 0.05) is 13.0 Å². The zero-order chi connectivity index (χ0) is 12.1. The van der Waals surface area contributed by atoms with Crippen LogP contribution in [0.2, 0.25) is 5.02 Å². The summed E-state index contributed by atoms with van der Waals surface area (Å²) in [4.78, 5) is 11.8. The Morgan fingerprint density at radius 2 is 2.06 bits per heavy atom. The highest BCUT2D eigenvalue weighted by atomic mass is 35.5. The number of carbonyl (C=O) groups excluding carboxylic acids is 1. The molecule has 0 radical (unpaired) electrons. The normalized spacial score (nSPS) is 16.1. The van der Waals surface area contributed by atoms with Crippen molar-refractivity contribution in [3.05, 3.63) is 34.9 Å². The third-order valence-corrected chi connectivity index (χ3v) is 2.80. The van der Waals surface area contributed by atoms with Gasteiger partial charge < -0.3 is 14.8 Å². The Morgan fingerprint density at radius 3 is 2.76 bits per heavy atom. The van der Waals surface area contributed by atoms with Gasteiger partial charge in [-0.25, -0.2) is 0 Å². The van der Waals surface area contributed by atoms with E-state index in [4.69, 9.17) is 21.1 Å². The van der Waals surface area contributed by atoms with Gasteiger partial charge >= 0.3 is 0 Å². The van der Waals surface area contributed by atoms with Gasteiger partial charge in [-0.15, -0.1) is 0 Å². The number of carbonyl (C=O) groups is 1. The van der Waals surface area contributed by atoms with Crippen molar-refractivity contribution < 1.29 is 14.3 Å². The summed E-state index contributed by atoms with van der Waals surface area (Å²) in [6, 6.07) is 6.96. The van der Waals surface area contributed by atoms with Gasteiger partial charge in [-0.2, -0.15) is 0 Å². The molecule has 2 rings (SSSR count). The van der Waals surface area contributed by atoms with Crippen molar-refractivity contribution in [1.82, 2.24) is 5.32 Å². The molecule has 0 bridgehead atoms. The SMILES string of the molecule is O=C(NCCC1OCCO1)c1ccccc1Cl. The van der Waals surface area contributed by atoms with Crippen LogP contribution in [0.15, 0.2) is 24.3 Å². The number of halogens is 1. The van der Waals surface area contributed by atoms with Crippen molar-refractivity contribution in [2.24, 2.45) is 0 Å². The van der Waals surface area contributed by atoms with Crippen molar-refractivity contribution in [1.29, 1.82) is 0 Å². The molecule has 1 aromatic carbocycles. The van der Waals surface area contributed by atoms with Crippen LogP contribution in [0.4, 0.5) is 0 Å². The highest BCUT2D eigenvalue weighted by Crippen LogP contribution is 2.14. The van der Waals surface area contributed by atoms with Gasteiger partial charge in [-0.3, -0.25) is 4.79 Å². The number of nitrogens with one attached hydrogen (secondary N) is 1. The lowest BCUT2D eigenvalue weighted by atomic mass is 10.2. The molecule has 0 aromatic heterocycles. The number of amides is 1. The van der Waals surface area contributed by atoms with Gasteiger partial charge in [0.05, 0.1) is 23.8 Å². The predicted molar refractivity (Wildman–Crippen MR) is 64.1 cm³/mol. The molecule has 0 atom stereocenters. The topological polar surface area (TPSA) is 47.6 Å². The average Bonchev–Trinajstić information content (AvgIpc) is 2.82. The number of hydrogen-bond donors (Lipinski definition) is 1. The molecule has 4 nitrogen and oxygen atoms in total. The van der Waals surface area contributed by atoms with E-state index in [0.29, 0.717) is 36.8 Å². The molecule has 1 amide bonds. The van der Waals surface area contributed by atoms with Crippen LogP contribution in [0.5, 0.6) is 0 Å². The number of ether oxygens (including phenoxy) is 2. The van der Waals surface area contributed by atoms with Gasteiger partial charge in [0.25, 0.3) is 5.91 Å². The van der Waals surface area contributed by atoms with Crippen LogP contribution < -0.4 is 5.32 Å². The maximum Gasteiger partial charge on any atom is 0.252 e. The van der Waals surface area contributed by atoms with Crippen molar-refractivity contribution in [3.63, 3.8) is 0 Å². The fourth-order valence-electron chi connectivity index (χ4n) is 1.62. The minimum Gasteiger partial charge on any atom is -0.352 e. The molecule has 17 heavy (non-hydrogen) atoms. The third kappa shape index (κ3) is 3.43. The third-order valence-electron chi connectivity index (χ3n) is 2.47. The van der Waals surface area contributed by atoms with Crippen LogP contribution in [0.3, 0.4) is 0 Å². The lowest BCUT2D eigenvalue weighted by Crippen LogP contribution is -2.27. The largest absolute Gasteiger partial charge is 0.352 e. The van der Waals surface area contributed by atoms with E-state index in [1.807, 2.05) is 0 Å². The maximum atomic E-state index is 11.8. The van der Waals surface area contributed by atoms with E-state index >= 15 is 0 Å². The first-order valence-electron chi connectivity index (χ1n) is 5.53. The van der Waals surface area contributed by atoms with Crippen LogP contribution in [0, 0.1) is 0 Å². The highest BCUT2D eigenvalue weighted by molar-refractivity contribution is 6.33. The second-order valence-corrected chi connectivity index (χ2v) is 4.10. The minimum atomic E-state index is -0.193. The quantitative estimate of drug-likeness (QED) is 0.893. The first kappa shape index (κ1) is 12.4. The molecule has 1 N–H and O–H groups in total. The zero-order valence-corrected chi connectivity index (χ0v) is 10.1. The van der Waals surface area contributed by atoms with E-state index in [-0.39, 0.29) is 12.2 Å². The van der Waals surface area contributed by atoms with Gasteiger partial charge in [-0.05, 0) is 12.1 Å². The Kier molecular flexibility index (Phi) is 4.36. The Hall–Kier alpha value is -1.10. The lowest BCUT2D eigenvalue weighted by molar-refractivity contribution is -0.0455. The summed E-state index contributed by atoms with van der Waals surface area (Å²) in [5.74, 6) is -0.173. The van der Waals surface area contributed by atoms with Crippen LogP contribution in [-0.2, 0) is 9.47 Å². The zero-order valence-electron chi connectivity index (χ0n) is 9.32. The summed E-state index contributed by atoms with van der Waals surface area (Å²) >= 11 is 5.91. The van der Waals surface area contributed by atoms with Crippen LogP contribution in [0.1, 0.15) is 16.8 Å². The number of benzene rings is 1. The van der Waals surface area contributed by atoms with Gasteiger partial charge in [0.15, 0.2) is 6.29 Å². The summed E-state index contributed by atoms with van der Waals surface area (Å²) in [5, 5.41) is 3.24. The Balaban J connectivity index is 1.79. The molecule has 1 saturated heterocycles. The van der Waals surface area contributed by atoms with E-state index in [9.17, 15) is 4.79 Å². The van der Waals surface area contributed by atoms with Crippen LogP contribution in [0.25, 0.3) is 0 Å². The van der Waals surface area contributed by atoms with E-state index in [2.05, 4.69) is 5.32 Å². The summed E-state index contributed by atoms with van der Waals surface area (Å²) in [6.45, 7) is 1.76.